The molecule has 160 valence electrons. The van der Waals surface area contributed by atoms with E-state index in [9.17, 15) is 13.2 Å². The Labute approximate surface area is 177 Å². The van der Waals surface area contributed by atoms with Crippen LogP contribution in [0.25, 0.3) is 0 Å². The highest BCUT2D eigenvalue weighted by Crippen LogP contribution is 2.36. The molecule has 4 rings (SSSR count). The summed E-state index contributed by atoms with van der Waals surface area (Å²) in [4.78, 5) is 12.7. The van der Waals surface area contributed by atoms with Crippen LogP contribution in [0, 0.1) is 0 Å². The van der Waals surface area contributed by atoms with Gasteiger partial charge in [-0.25, -0.2) is 8.42 Å². The zero-order chi connectivity index (χ0) is 21.0. The highest BCUT2D eigenvalue weighted by molar-refractivity contribution is 7.89. The third kappa shape index (κ3) is 4.44. The van der Waals surface area contributed by atoms with Crippen LogP contribution < -0.4 is 14.8 Å². The average molecular weight is 431 g/mol. The Kier molecular flexibility index (Phi) is 6.24. The van der Waals surface area contributed by atoms with Crippen molar-refractivity contribution in [3.8, 4) is 11.5 Å². The molecule has 0 spiro atoms. The fourth-order valence-electron chi connectivity index (χ4n) is 3.87. The summed E-state index contributed by atoms with van der Waals surface area (Å²) < 4.78 is 40.0. The molecule has 2 aromatic rings. The number of nitrogens with zero attached hydrogens (tertiary/aromatic N) is 1. The normalized spacial score (nSPS) is 20.9. The molecule has 0 radical (unpaired) electrons. The minimum absolute atomic E-state index is 0.0772. The summed E-state index contributed by atoms with van der Waals surface area (Å²) in [5.74, 6) is 0.825. The summed E-state index contributed by atoms with van der Waals surface area (Å²) in [5.41, 5.74) is 0.800. The van der Waals surface area contributed by atoms with Gasteiger partial charge in [-0.3, -0.25) is 4.79 Å². The number of sulfonamides is 1. The molecule has 2 aromatic carbocycles. The predicted molar refractivity (Wildman–Crippen MR) is 112 cm³/mol. The minimum Gasteiger partial charge on any atom is -0.486 e. The summed E-state index contributed by atoms with van der Waals surface area (Å²) in [6, 6.07) is 13.5. The number of benzene rings is 2. The quantitative estimate of drug-likeness (QED) is 0.809. The molecule has 1 N–H and O–H groups in total. The predicted octanol–water partition coefficient (Wildman–Crippen LogP) is 2.88. The Bertz CT molecular complexity index is 994. The van der Waals surface area contributed by atoms with E-state index >= 15 is 0 Å². The van der Waals surface area contributed by atoms with Crippen molar-refractivity contribution in [1.82, 2.24) is 9.62 Å². The number of rotatable bonds is 3. The smallest absolute Gasteiger partial charge is 0.243 e. The van der Waals surface area contributed by atoms with Crippen LogP contribution in [0.5, 0.6) is 11.5 Å². The maximum Gasteiger partial charge on any atom is 0.243 e. The number of hydrogen-bond donors (Lipinski definition) is 1. The largest absolute Gasteiger partial charge is 0.486 e. The maximum absolute atomic E-state index is 13.7. The van der Waals surface area contributed by atoms with E-state index < -0.39 is 16.1 Å². The van der Waals surface area contributed by atoms with Gasteiger partial charge in [0.25, 0.3) is 0 Å². The van der Waals surface area contributed by atoms with Crippen LogP contribution in [0.3, 0.4) is 0 Å². The first-order valence-corrected chi connectivity index (χ1v) is 11.7. The first-order valence-electron chi connectivity index (χ1n) is 10.3. The minimum atomic E-state index is -3.87. The van der Waals surface area contributed by atoms with Gasteiger partial charge in [-0.15, -0.1) is 0 Å². The second-order valence-electron chi connectivity index (χ2n) is 7.46. The summed E-state index contributed by atoms with van der Waals surface area (Å²) in [5, 5.41) is 2.91. The Morgan fingerprint density at radius 2 is 1.70 bits per heavy atom. The van der Waals surface area contributed by atoms with Crippen LogP contribution in [0.2, 0.25) is 0 Å². The van der Waals surface area contributed by atoms with Crippen molar-refractivity contribution in [2.45, 2.75) is 36.6 Å². The first kappa shape index (κ1) is 20.7. The number of hydrogen-bond acceptors (Lipinski definition) is 5. The number of amides is 1. The highest BCUT2D eigenvalue weighted by Gasteiger charge is 2.34. The first-order chi connectivity index (χ1) is 14.6. The lowest BCUT2D eigenvalue weighted by Gasteiger charge is -2.32. The zero-order valence-corrected chi connectivity index (χ0v) is 17.6. The molecule has 2 aliphatic heterocycles. The lowest BCUT2D eigenvalue weighted by atomic mass is 10.0. The molecule has 8 heteroatoms. The maximum atomic E-state index is 13.7. The van der Waals surface area contributed by atoms with Crippen molar-refractivity contribution < 1.29 is 22.7 Å². The molecule has 30 heavy (non-hydrogen) atoms. The van der Waals surface area contributed by atoms with Gasteiger partial charge in [0.2, 0.25) is 15.9 Å². The van der Waals surface area contributed by atoms with E-state index in [0.29, 0.717) is 37.8 Å². The van der Waals surface area contributed by atoms with E-state index in [1.165, 1.54) is 10.4 Å². The molecule has 7 nitrogen and oxygen atoms in total. The zero-order valence-electron chi connectivity index (χ0n) is 16.7. The highest BCUT2D eigenvalue weighted by atomic mass is 32.2. The van der Waals surface area contributed by atoms with Crippen LogP contribution in [-0.4, -0.2) is 44.9 Å². The van der Waals surface area contributed by atoms with Gasteiger partial charge in [0.1, 0.15) is 13.2 Å². The van der Waals surface area contributed by atoms with Crippen LogP contribution in [0.4, 0.5) is 0 Å². The number of fused-ring (bicyclic) bond motifs is 1. The van der Waals surface area contributed by atoms with E-state index in [-0.39, 0.29) is 17.2 Å². The SMILES string of the molecule is O=C1CC(c2ccccc2)N(S(=O)(=O)c2ccc3c(c2)OCCO3)CCCCCN1. The van der Waals surface area contributed by atoms with Gasteiger partial charge in [0, 0.05) is 25.6 Å². The van der Waals surface area contributed by atoms with E-state index in [0.717, 1.165) is 24.8 Å². The molecule has 1 amide bonds. The fraction of sp³-hybridized carbons (Fsp3) is 0.409. The van der Waals surface area contributed by atoms with Crippen molar-refractivity contribution in [1.29, 1.82) is 0 Å². The van der Waals surface area contributed by atoms with Crippen molar-refractivity contribution in [2.75, 3.05) is 26.3 Å². The van der Waals surface area contributed by atoms with Crippen LogP contribution >= 0.6 is 0 Å². The second kappa shape index (κ2) is 9.06. The topological polar surface area (TPSA) is 84.9 Å². The molecule has 0 aromatic heterocycles. The van der Waals surface area contributed by atoms with Crippen molar-refractivity contribution in [3.63, 3.8) is 0 Å². The van der Waals surface area contributed by atoms with E-state index in [2.05, 4.69) is 5.32 Å². The van der Waals surface area contributed by atoms with Crippen LogP contribution in [0.15, 0.2) is 53.4 Å². The van der Waals surface area contributed by atoms with Gasteiger partial charge in [-0.2, -0.15) is 4.31 Å². The molecular formula is C22H26N2O5S. The molecule has 1 atom stereocenters. The van der Waals surface area contributed by atoms with Gasteiger partial charge >= 0.3 is 0 Å². The van der Waals surface area contributed by atoms with Crippen molar-refractivity contribution >= 4 is 15.9 Å². The summed E-state index contributed by atoms with van der Waals surface area (Å²) in [7, 11) is -3.87. The number of ether oxygens (including phenoxy) is 2. The number of carbonyl (C=O) groups is 1. The lowest BCUT2D eigenvalue weighted by molar-refractivity contribution is -0.122. The van der Waals surface area contributed by atoms with E-state index in [4.69, 9.17) is 9.47 Å². The molecule has 2 aliphatic rings. The van der Waals surface area contributed by atoms with Crippen LogP contribution in [0.1, 0.15) is 37.3 Å². The fourth-order valence-corrected chi connectivity index (χ4v) is 5.54. The molecular weight excluding hydrogens is 404 g/mol. The summed E-state index contributed by atoms with van der Waals surface area (Å²) in [6.07, 6.45) is 2.48. The molecule has 0 bridgehead atoms. The number of nitrogens with one attached hydrogen (secondary N) is 1. The van der Waals surface area contributed by atoms with Gasteiger partial charge in [-0.1, -0.05) is 36.8 Å². The van der Waals surface area contributed by atoms with Crippen molar-refractivity contribution in [2.24, 2.45) is 0 Å². The monoisotopic (exact) mass is 430 g/mol. The molecule has 0 saturated carbocycles. The van der Waals surface area contributed by atoms with Gasteiger partial charge in [0.05, 0.1) is 10.9 Å². The molecule has 1 unspecified atom stereocenters. The van der Waals surface area contributed by atoms with Crippen molar-refractivity contribution in [3.05, 3.63) is 54.1 Å². The lowest BCUT2D eigenvalue weighted by Crippen LogP contribution is -2.39. The van der Waals surface area contributed by atoms with Gasteiger partial charge in [0.15, 0.2) is 11.5 Å². The second-order valence-corrected chi connectivity index (χ2v) is 9.35. The van der Waals surface area contributed by atoms with E-state index in [1.807, 2.05) is 30.3 Å². The van der Waals surface area contributed by atoms with E-state index in [1.54, 1.807) is 12.1 Å². The third-order valence-electron chi connectivity index (χ3n) is 5.41. The molecule has 0 aliphatic carbocycles. The molecule has 1 saturated heterocycles. The Morgan fingerprint density at radius 1 is 0.933 bits per heavy atom. The van der Waals surface area contributed by atoms with Gasteiger partial charge < -0.3 is 14.8 Å². The van der Waals surface area contributed by atoms with Gasteiger partial charge in [-0.05, 0) is 30.5 Å². The Hall–Kier alpha value is -2.58. The Morgan fingerprint density at radius 3 is 2.50 bits per heavy atom. The average Bonchev–Trinajstić information content (AvgIpc) is 2.77. The summed E-state index contributed by atoms with van der Waals surface area (Å²) in [6.45, 7) is 1.79. The number of carbonyl (C=O) groups excluding carboxylic acids is 1. The summed E-state index contributed by atoms with van der Waals surface area (Å²) >= 11 is 0. The Balaban J connectivity index is 1.74. The molecule has 2 heterocycles. The standard InChI is InChI=1S/C22H26N2O5S/c25-22-16-19(17-7-3-1-4-8-17)24(12-6-2-5-11-23-22)30(26,27)18-9-10-20-21(15-18)29-14-13-28-20/h1,3-4,7-10,15,19H,2,5-6,11-14,16H2,(H,23,25). The third-order valence-corrected chi connectivity index (χ3v) is 7.31. The van der Waals surface area contributed by atoms with Crippen LogP contribution in [-0.2, 0) is 14.8 Å². The molecule has 1 fully saturated rings.